The number of benzene rings is 2. The lowest BCUT2D eigenvalue weighted by molar-refractivity contribution is -0.115. The zero-order chi connectivity index (χ0) is 19.6. The zero-order valence-electron chi connectivity index (χ0n) is 15.5. The maximum absolute atomic E-state index is 12.1. The van der Waals surface area contributed by atoms with Crippen LogP contribution in [-0.2, 0) is 9.59 Å². The first-order valence-corrected chi connectivity index (χ1v) is 8.77. The summed E-state index contributed by atoms with van der Waals surface area (Å²) in [4.78, 5) is 35.0. The fourth-order valence-corrected chi connectivity index (χ4v) is 2.35. The lowest BCUT2D eigenvalue weighted by atomic mass is 10.2. The van der Waals surface area contributed by atoms with Gasteiger partial charge in [0, 0.05) is 36.1 Å². The van der Waals surface area contributed by atoms with Crippen LogP contribution in [0.5, 0.6) is 0 Å². The maximum Gasteiger partial charge on any atom is 0.251 e. The van der Waals surface area contributed by atoms with Crippen molar-refractivity contribution in [2.45, 2.75) is 20.3 Å². The number of anilines is 3. The van der Waals surface area contributed by atoms with Crippen molar-refractivity contribution in [3.05, 3.63) is 54.1 Å². The van der Waals surface area contributed by atoms with Gasteiger partial charge in [-0.25, -0.2) is 0 Å². The van der Waals surface area contributed by atoms with Crippen LogP contribution in [0.15, 0.2) is 48.5 Å². The van der Waals surface area contributed by atoms with E-state index in [0.717, 1.165) is 12.1 Å². The average molecular weight is 368 g/mol. The quantitative estimate of drug-likeness (QED) is 0.576. The summed E-state index contributed by atoms with van der Waals surface area (Å²) in [5.41, 5.74) is 2.53. The van der Waals surface area contributed by atoms with Gasteiger partial charge in [-0.3, -0.25) is 14.4 Å². The summed E-state index contributed by atoms with van der Waals surface area (Å²) in [5.74, 6) is -0.507. The normalized spacial score (nSPS) is 10.0. The Morgan fingerprint density at radius 1 is 0.889 bits per heavy atom. The number of carbonyl (C=O) groups is 3. The van der Waals surface area contributed by atoms with E-state index < -0.39 is 0 Å². The first kappa shape index (κ1) is 20.0. The van der Waals surface area contributed by atoms with Crippen LogP contribution in [0, 0.1) is 0 Å². The largest absolute Gasteiger partial charge is 0.376 e. The molecule has 7 nitrogen and oxygen atoms in total. The molecule has 2 aromatic carbocycles. The van der Waals surface area contributed by atoms with Crippen LogP contribution < -0.4 is 21.3 Å². The molecule has 27 heavy (non-hydrogen) atoms. The molecule has 0 aliphatic carbocycles. The summed E-state index contributed by atoms with van der Waals surface area (Å²) in [5, 5.41) is 11.2. The third kappa shape index (κ3) is 6.81. The second kappa shape index (κ2) is 9.96. The standard InChI is InChI=1S/C20H24N4O3/c1-3-11-21-20(27)15-7-9-16(10-8-15)22-13-19(26)24-18-6-4-5-17(12-18)23-14(2)25/h4-10,12,22H,3,11,13H2,1-2H3,(H,21,27)(H,23,25)(H,24,26). The number of carbonyl (C=O) groups excluding carboxylic acids is 3. The predicted molar refractivity (Wildman–Crippen MR) is 107 cm³/mol. The van der Waals surface area contributed by atoms with Crippen LogP contribution in [0.2, 0.25) is 0 Å². The molecule has 0 aromatic heterocycles. The summed E-state index contributed by atoms with van der Waals surface area (Å²) in [7, 11) is 0. The zero-order valence-corrected chi connectivity index (χ0v) is 15.5. The van der Waals surface area contributed by atoms with Crippen LogP contribution in [-0.4, -0.2) is 30.8 Å². The molecule has 4 N–H and O–H groups in total. The molecule has 142 valence electrons. The highest BCUT2D eigenvalue weighted by atomic mass is 16.2. The number of rotatable bonds is 8. The van der Waals surface area contributed by atoms with E-state index in [9.17, 15) is 14.4 Å². The van der Waals surface area contributed by atoms with E-state index >= 15 is 0 Å². The number of hydrogen-bond acceptors (Lipinski definition) is 4. The fraction of sp³-hybridized carbons (Fsp3) is 0.250. The number of nitrogens with one attached hydrogen (secondary N) is 4. The Hall–Kier alpha value is -3.35. The van der Waals surface area contributed by atoms with Gasteiger partial charge in [0.1, 0.15) is 0 Å². The van der Waals surface area contributed by atoms with Gasteiger partial charge >= 0.3 is 0 Å². The van der Waals surface area contributed by atoms with Gasteiger partial charge in [0.25, 0.3) is 5.91 Å². The van der Waals surface area contributed by atoms with Gasteiger partial charge in [0.05, 0.1) is 6.54 Å². The third-order valence-corrected chi connectivity index (χ3v) is 3.60. The van der Waals surface area contributed by atoms with Crippen molar-refractivity contribution in [1.82, 2.24) is 5.32 Å². The van der Waals surface area contributed by atoms with Crippen LogP contribution in [0.4, 0.5) is 17.1 Å². The summed E-state index contributed by atoms with van der Waals surface area (Å²) in [6.45, 7) is 4.14. The summed E-state index contributed by atoms with van der Waals surface area (Å²) >= 11 is 0. The molecule has 2 rings (SSSR count). The molecule has 0 saturated heterocycles. The molecule has 0 radical (unpaired) electrons. The first-order chi connectivity index (χ1) is 13.0. The molecule has 0 bridgehead atoms. The molecule has 0 fully saturated rings. The summed E-state index contributed by atoms with van der Waals surface area (Å²) in [6, 6.07) is 13.8. The minimum atomic E-state index is -0.222. The summed E-state index contributed by atoms with van der Waals surface area (Å²) < 4.78 is 0. The fourth-order valence-electron chi connectivity index (χ4n) is 2.35. The second-order valence-corrected chi connectivity index (χ2v) is 6.00. The molecule has 0 aliphatic heterocycles. The van der Waals surface area contributed by atoms with Crippen molar-refractivity contribution < 1.29 is 14.4 Å². The Balaban J connectivity index is 1.85. The van der Waals surface area contributed by atoms with Crippen LogP contribution in [0.3, 0.4) is 0 Å². The lowest BCUT2D eigenvalue weighted by Crippen LogP contribution is -2.24. The molecule has 2 aromatic rings. The van der Waals surface area contributed by atoms with Crippen molar-refractivity contribution in [2.75, 3.05) is 29.0 Å². The highest BCUT2D eigenvalue weighted by Gasteiger charge is 2.06. The predicted octanol–water partition coefficient (Wildman–Crippen LogP) is 2.84. The molecule has 7 heteroatoms. The van der Waals surface area contributed by atoms with E-state index in [0.29, 0.717) is 23.5 Å². The molecule has 0 atom stereocenters. The van der Waals surface area contributed by atoms with Gasteiger partial charge in [-0.15, -0.1) is 0 Å². The third-order valence-electron chi connectivity index (χ3n) is 3.60. The summed E-state index contributed by atoms with van der Waals surface area (Å²) in [6.07, 6.45) is 0.883. The van der Waals surface area contributed by atoms with E-state index in [1.54, 1.807) is 48.5 Å². The van der Waals surface area contributed by atoms with Gasteiger partial charge in [0.15, 0.2) is 0 Å². The lowest BCUT2D eigenvalue weighted by Gasteiger charge is -2.10. The number of amides is 3. The highest BCUT2D eigenvalue weighted by molar-refractivity contribution is 5.96. The SMILES string of the molecule is CCCNC(=O)c1ccc(NCC(=O)Nc2cccc(NC(C)=O)c2)cc1. The van der Waals surface area contributed by atoms with Crippen molar-refractivity contribution in [3.8, 4) is 0 Å². The first-order valence-electron chi connectivity index (χ1n) is 8.77. The van der Waals surface area contributed by atoms with Crippen LogP contribution in [0.25, 0.3) is 0 Å². The van der Waals surface area contributed by atoms with Gasteiger partial charge in [-0.1, -0.05) is 13.0 Å². The monoisotopic (exact) mass is 368 g/mol. The highest BCUT2D eigenvalue weighted by Crippen LogP contribution is 2.15. The van der Waals surface area contributed by atoms with Gasteiger partial charge < -0.3 is 21.3 Å². The van der Waals surface area contributed by atoms with Crippen LogP contribution >= 0.6 is 0 Å². The Labute approximate surface area is 158 Å². The molecule has 0 aliphatic rings. The topological polar surface area (TPSA) is 99.3 Å². The molecule has 3 amide bonds. The van der Waals surface area contributed by atoms with E-state index in [2.05, 4.69) is 21.3 Å². The minimum absolute atomic E-state index is 0.0751. The van der Waals surface area contributed by atoms with Crippen molar-refractivity contribution >= 4 is 34.8 Å². The van der Waals surface area contributed by atoms with E-state index in [1.807, 2.05) is 6.92 Å². The van der Waals surface area contributed by atoms with Gasteiger partial charge in [0.2, 0.25) is 11.8 Å². The molecule has 0 unspecified atom stereocenters. The molecule has 0 spiro atoms. The Morgan fingerprint density at radius 2 is 1.56 bits per heavy atom. The maximum atomic E-state index is 12.1. The molecule has 0 saturated carbocycles. The Bertz CT molecular complexity index is 803. The van der Waals surface area contributed by atoms with E-state index in [-0.39, 0.29) is 24.3 Å². The van der Waals surface area contributed by atoms with Gasteiger partial charge in [-0.2, -0.15) is 0 Å². The molecular weight excluding hydrogens is 344 g/mol. The molecule has 0 heterocycles. The van der Waals surface area contributed by atoms with Crippen molar-refractivity contribution in [3.63, 3.8) is 0 Å². The van der Waals surface area contributed by atoms with Crippen LogP contribution in [0.1, 0.15) is 30.6 Å². The Morgan fingerprint density at radius 3 is 2.19 bits per heavy atom. The average Bonchev–Trinajstić information content (AvgIpc) is 2.64. The van der Waals surface area contributed by atoms with Crippen molar-refractivity contribution in [2.24, 2.45) is 0 Å². The van der Waals surface area contributed by atoms with Crippen molar-refractivity contribution in [1.29, 1.82) is 0 Å². The minimum Gasteiger partial charge on any atom is -0.376 e. The van der Waals surface area contributed by atoms with E-state index in [4.69, 9.17) is 0 Å². The number of hydrogen-bond donors (Lipinski definition) is 4. The van der Waals surface area contributed by atoms with Gasteiger partial charge in [-0.05, 0) is 48.9 Å². The second-order valence-electron chi connectivity index (χ2n) is 6.00. The smallest absolute Gasteiger partial charge is 0.251 e. The molecular formula is C20H24N4O3. The Kier molecular flexibility index (Phi) is 7.37. The van der Waals surface area contributed by atoms with E-state index in [1.165, 1.54) is 6.92 Å².